The smallest absolute Gasteiger partial charge is 0.260 e. The number of aromatic nitrogens is 4. The van der Waals surface area contributed by atoms with Crippen LogP contribution in [0.5, 0.6) is 5.75 Å². The number of rotatable bonds is 5. The Hall–Kier alpha value is -3.09. The van der Waals surface area contributed by atoms with E-state index in [1.165, 1.54) is 22.8 Å². The maximum absolute atomic E-state index is 12.6. The van der Waals surface area contributed by atoms with E-state index in [1.807, 2.05) is 6.92 Å². The van der Waals surface area contributed by atoms with Gasteiger partial charge in [-0.1, -0.05) is 6.92 Å². The second kappa shape index (κ2) is 6.35. The van der Waals surface area contributed by atoms with Gasteiger partial charge in [0.25, 0.3) is 5.56 Å². The summed E-state index contributed by atoms with van der Waals surface area (Å²) >= 11 is 0. The van der Waals surface area contributed by atoms with Crippen molar-refractivity contribution in [3.63, 3.8) is 0 Å². The molecule has 0 aliphatic carbocycles. The third kappa shape index (κ3) is 3.08. The minimum Gasteiger partial charge on any atom is -0.508 e. The fraction of sp³-hybridized carbons (Fsp3) is 0.188. The largest absolute Gasteiger partial charge is 0.508 e. The highest BCUT2D eigenvalue weighted by Gasteiger charge is 2.12. The van der Waals surface area contributed by atoms with Gasteiger partial charge in [-0.2, -0.15) is 5.10 Å². The number of nitrogens with zero attached hydrogens (tertiary/aromatic N) is 3. The Bertz CT molecular complexity index is 838. The van der Waals surface area contributed by atoms with E-state index in [0.29, 0.717) is 23.9 Å². The lowest BCUT2D eigenvalue weighted by molar-refractivity contribution is 0.475. The summed E-state index contributed by atoms with van der Waals surface area (Å²) in [6, 6.07) is 7.89. The molecule has 3 aromatic rings. The highest BCUT2D eigenvalue weighted by atomic mass is 16.3. The third-order valence-electron chi connectivity index (χ3n) is 3.35. The third-order valence-corrected chi connectivity index (χ3v) is 3.35. The summed E-state index contributed by atoms with van der Waals surface area (Å²) in [7, 11) is 0. The Morgan fingerprint density at radius 3 is 2.74 bits per heavy atom. The minimum absolute atomic E-state index is 0.146. The maximum atomic E-state index is 12.6. The molecule has 0 spiro atoms. The summed E-state index contributed by atoms with van der Waals surface area (Å²) in [4.78, 5) is 17.1. The lowest BCUT2D eigenvalue weighted by Crippen LogP contribution is -2.23. The zero-order valence-corrected chi connectivity index (χ0v) is 12.7. The van der Waals surface area contributed by atoms with Crippen molar-refractivity contribution in [3.8, 4) is 22.7 Å². The van der Waals surface area contributed by atoms with Crippen LogP contribution in [0, 0.1) is 0 Å². The molecule has 0 fully saturated rings. The van der Waals surface area contributed by atoms with Crippen molar-refractivity contribution < 1.29 is 5.11 Å². The average Bonchev–Trinajstić information content (AvgIpc) is 3.08. The molecule has 0 aliphatic rings. The van der Waals surface area contributed by atoms with Gasteiger partial charge in [0.15, 0.2) is 0 Å². The Morgan fingerprint density at radius 2 is 2.09 bits per heavy atom. The summed E-state index contributed by atoms with van der Waals surface area (Å²) in [6.45, 7) is 2.73. The molecule has 0 atom stereocenters. The van der Waals surface area contributed by atoms with E-state index in [2.05, 4.69) is 20.5 Å². The molecule has 7 heteroatoms. The molecule has 118 valence electrons. The first kappa shape index (κ1) is 14.8. The molecular weight excluding hydrogens is 294 g/mol. The van der Waals surface area contributed by atoms with Gasteiger partial charge in [-0.15, -0.1) is 0 Å². The monoisotopic (exact) mass is 311 g/mol. The summed E-state index contributed by atoms with van der Waals surface area (Å²) in [5.41, 5.74) is 1.73. The molecule has 0 aliphatic heterocycles. The van der Waals surface area contributed by atoms with Gasteiger partial charge in [-0.05, 0) is 30.7 Å². The van der Waals surface area contributed by atoms with E-state index in [-0.39, 0.29) is 11.3 Å². The van der Waals surface area contributed by atoms with Gasteiger partial charge in [0.05, 0.1) is 17.6 Å². The van der Waals surface area contributed by atoms with Crippen LogP contribution in [-0.4, -0.2) is 31.4 Å². The standard InChI is InChI=1S/C16H17N5O2/c1-2-7-17-16-20-14(11-9-18-19-10-11)8-15(23)21(16)12-3-5-13(22)6-4-12/h3-6,8-10,22H,2,7H2,1H3,(H,17,20)(H,18,19). The Labute approximate surface area is 132 Å². The van der Waals surface area contributed by atoms with Crippen molar-refractivity contribution in [2.24, 2.45) is 0 Å². The highest BCUT2D eigenvalue weighted by Crippen LogP contribution is 2.19. The number of hydrogen-bond donors (Lipinski definition) is 3. The average molecular weight is 311 g/mol. The summed E-state index contributed by atoms with van der Waals surface area (Å²) in [5.74, 6) is 0.606. The van der Waals surface area contributed by atoms with Crippen molar-refractivity contribution in [3.05, 3.63) is 53.1 Å². The number of aromatic hydroxyl groups is 1. The fourth-order valence-corrected chi connectivity index (χ4v) is 2.23. The Balaban J connectivity index is 2.14. The first-order valence-corrected chi connectivity index (χ1v) is 7.35. The van der Waals surface area contributed by atoms with Crippen molar-refractivity contribution >= 4 is 5.95 Å². The minimum atomic E-state index is -0.208. The second-order valence-corrected chi connectivity index (χ2v) is 5.07. The molecule has 0 amide bonds. The van der Waals surface area contributed by atoms with Crippen LogP contribution in [0.2, 0.25) is 0 Å². The van der Waals surface area contributed by atoms with E-state index in [1.54, 1.807) is 24.5 Å². The van der Waals surface area contributed by atoms with E-state index in [9.17, 15) is 9.90 Å². The predicted molar refractivity (Wildman–Crippen MR) is 87.9 cm³/mol. The number of phenolic OH excluding ortho intramolecular Hbond substituents is 1. The lowest BCUT2D eigenvalue weighted by atomic mass is 10.2. The number of hydrogen-bond acceptors (Lipinski definition) is 5. The van der Waals surface area contributed by atoms with Gasteiger partial charge in [0.2, 0.25) is 5.95 Å². The maximum Gasteiger partial charge on any atom is 0.260 e. The number of aromatic amines is 1. The quantitative estimate of drug-likeness (QED) is 0.671. The molecule has 3 rings (SSSR count). The van der Waals surface area contributed by atoms with Gasteiger partial charge >= 0.3 is 0 Å². The molecule has 0 saturated carbocycles. The molecule has 2 aromatic heterocycles. The lowest BCUT2D eigenvalue weighted by Gasteiger charge is -2.14. The summed E-state index contributed by atoms with van der Waals surface area (Å²) in [6.07, 6.45) is 4.22. The van der Waals surface area contributed by atoms with Crippen LogP contribution in [0.1, 0.15) is 13.3 Å². The van der Waals surface area contributed by atoms with Crippen molar-refractivity contribution in [1.29, 1.82) is 0 Å². The first-order valence-electron chi connectivity index (χ1n) is 7.35. The number of phenols is 1. The van der Waals surface area contributed by atoms with Crippen molar-refractivity contribution in [2.75, 3.05) is 11.9 Å². The van der Waals surface area contributed by atoms with Crippen LogP contribution in [0.4, 0.5) is 5.95 Å². The van der Waals surface area contributed by atoms with Crippen LogP contribution >= 0.6 is 0 Å². The topological polar surface area (TPSA) is 95.8 Å². The number of anilines is 1. The molecule has 0 bridgehead atoms. The van der Waals surface area contributed by atoms with Crippen LogP contribution in [-0.2, 0) is 0 Å². The van der Waals surface area contributed by atoms with Gasteiger partial charge in [-0.3, -0.25) is 9.89 Å². The van der Waals surface area contributed by atoms with E-state index >= 15 is 0 Å². The predicted octanol–water partition coefficient (Wildman–Crippen LogP) is 2.15. The molecule has 0 saturated heterocycles. The molecule has 0 radical (unpaired) electrons. The summed E-state index contributed by atoms with van der Waals surface area (Å²) < 4.78 is 1.48. The molecule has 23 heavy (non-hydrogen) atoms. The first-order chi connectivity index (χ1) is 11.2. The molecular formula is C16H17N5O2. The summed E-state index contributed by atoms with van der Waals surface area (Å²) in [5, 5.41) is 19.2. The van der Waals surface area contributed by atoms with Crippen LogP contribution < -0.4 is 10.9 Å². The zero-order valence-electron chi connectivity index (χ0n) is 12.7. The number of benzene rings is 1. The van der Waals surface area contributed by atoms with Crippen LogP contribution in [0.25, 0.3) is 16.9 Å². The van der Waals surface area contributed by atoms with Crippen molar-refractivity contribution in [2.45, 2.75) is 13.3 Å². The van der Waals surface area contributed by atoms with E-state index in [4.69, 9.17) is 0 Å². The SMILES string of the molecule is CCCNc1nc(-c2cn[nH]c2)cc(=O)n1-c1ccc(O)cc1. The molecule has 7 nitrogen and oxygen atoms in total. The highest BCUT2D eigenvalue weighted by molar-refractivity contribution is 5.59. The fourth-order valence-electron chi connectivity index (χ4n) is 2.23. The van der Waals surface area contributed by atoms with Gasteiger partial charge < -0.3 is 10.4 Å². The van der Waals surface area contributed by atoms with Crippen LogP contribution in [0.3, 0.4) is 0 Å². The van der Waals surface area contributed by atoms with E-state index < -0.39 is 0 Å². The number of nitrogens with one attached hydrogen (secondary N) is 2. The second-order valence-electron chi connectivity index (χ2n) is 5.07. The van der Waals surface area contributed by atoms with Crippen molar-refractivity contribution in [1.82, 2.24) is 19.7 Å². The molecule has 2 heterocycles. The van der Waals surface area contributed by atoms with Gasteiger partial charge in [0, 0.05) is 24.4 Å². The van der Waals surface area contributed by atoms with Gasteiger partial charge in [-0.25, -0.2) is 9.55 Å². The molecule has 1 aromatic carbocycles. The number of H-pyrrole nitrogens is 1. The molecule has 3 N–H and O–H groups in total. The van der Waals surface area contributed by atoms with E-state index in [0.717, 1.165) is 12.0 Å². The zero-order chi connectivity index (χ0) is 16.2. The Kier molecular flexibility index (Phi) is 4.09. The Morgan fingerprint density at radius 1 is 1.30 bits per heavy atom. The molecule has 0 unspecified atom stereocenters. The van der Waals surface area contributed by atoms with Gasteiger partial charge in [0.1, 0.15) is 5.75 Å². The normalized spacial score (nSPS) is 10.7. The van der Waals surface area contributed by atoms with Crippen LogP contribution in [0.15, 0.2) is 47.5 Å².